The molecular formula is C17H18N4O2. The van der Waals surface area contributed by atoms with Gasteiger partial charge in [0.05, 0.1) is 5.69 Å². The van der Waals surface area contributed by atoms with Gasteiger partial charge < -0.3 is 9.14 Å². The van der Waals surface area contributed by atoms with Gasteiger partial charge in [0, 0.05) is 24.2 Å². The molecular weight excluding hydrogens is 292 g/mol. The quantitative estimate of drug-likeness (QED) is 0.783. The first-order valence-corrected chi connectivity index (χ1v) is 7.31. The molecule has 0 radical (unpaired) electrons. The van der Waals surface area contributed by atoms with Crippen LogP contribution in [0.1, 0.15) is 20.8 Å². The highest BCUT2D eigenvalue weighted by molar-refractivity contribution is 5.84. The molecule has 6 heteroatoms. The molecule has 0 aliphatic heterocycles. The number of hydrogen-bond donors (Lipinski definition) is 1. The van der Waals surface area contributed by atoms with E-state index in [0.29, 0.717) is 5.82 Å². The largest absolute Gasteiger partial charge is 0.444 e. The molecule has 1 N–H and O–H groups in total. The third kappa shape index (κ3) is 3.66. The van der Waals surface area contributed by atoms with Gasteiger partial charge in [-0.15, -0.1) is 0 Å². The van der Waals surface area contributed by atoms with Crippen LogP contribution in [0.2, 0.25) is 0 Å². The maximum Gasteiger partial charge on any atom is 0.413 e. The van der Waals surface area contributed by atoms with Crippen molar-refractivity contribution in [3.8, 4) is 11.3 Å². The van der Waals surface area contributed by atoms with E-state index in [2.05, 4.69) is 15.3 Å². The number of nitrogens with one attached hydrogen (secondary N) is 1. The molecule has 0 aliphatic rings. The predicted octanol–water partition coefficient (Wildman–Crippen LogP) is 3.74. The highest BCUT2D eigenvalue weighted by atomic mass is 16.6. The second-order valence-corrected chi connectivity index (χ2v) is 6.15. The van der Waals surface area contributed by atoms with E-state index in [9.17, 15) is 4.79 Å². The van der Waals surface area contributed by atoms with Crippen LogP contribution in [0.15, 0.2) is 48.9 Å². The second-order valence-electron chi connectivity index (χ2n) is 6.15. The summed E-state index contributed by atoms with van der Waals surface area (Å²) >= 11 is 0. The van der Waals surface area contributed by atoms with Crippen molar-refractivity contribution in [2.24, 2.45) is 0 Å². The Balaban J connectivity index is 1.83. The van der Waals surface area contributed by atoms with E-state index in [1.807, 2.05) is 61.8 Å². The Kier molecular flexibility index (Phi) is 3.73. The molecule has 3 rings (SSSR count). The van der Waals surface area contributed by atoms with Gasteiger partial charge in [-0.25, -0.2) is 14.8 Å². The van der Waals surface area contributed by atoms with E-state index >= 15 is 0 Å². The fourth-order valence-electron chi connectivity index (χ4n) is 2.14. The fraction of sp³-hybridized carbons (Fsp3) is 0.235. The van der Waals surface area contributed by atoms with E-state index < -0.39 is 11.7 Å². The number of carbonyl (C=O) groups excluding carboxylic acids is 1. The van der Waals surface area contributed by atoms with Crippen LogP contribution in [0.5, 0.6) is 0 Å². The summed E-state index contributed by atoms with van der Waals surface area (Å²) in [5.41, 5.74) is 2.02. The van der Waals surface area contributed by atoms with Gasteiger partial charge in [-0.05, 0) is 45.0 Å². The van der Waals surface area contributed by atoms with Gasteiger partial charge in [-0.3, -0.25) is 5.32 Å². The standard InChI is InChI=1S/C17H18N4O2/c1-17(2,3)23-16(22)20-14-6-4-5-13(19-14)12-7-8-15-18-9-10-21(15)11-12/h4-11H,1-3H3,(H,19,20,22). The highest BCUT2D eigenvalue weighted by Gasteiger charge is 2.16. The smallest absolute Gasteiger partial charge is 0.413 e. The second kappa shape index (κ2) is 5.72. The molecule has 3 heterocycles. The number of hydrogen-bond acceptors (Lipinski definition) is 4. The zero-order valence-electron chi connectivity index (χ0n) is 13.3. The van der Waals surface area contributed by atoms with Crippen molar-refractivity contribution in [2.75, 3.05) is 5.32 Å². The van der Waals surface area contributed by atoms with Crippen LogP contribution in [-0.2, 0) is 4.74 Å². The SMILES string of the molecule is CC(C)(C)OC(=O)Nc1cccc(-c2ccc3nccn3c2)n1. The van der Waals surface area contributed by atoms with Crippen LogP contribution in [0.25, 0.3) is 16.9 Å². The molecule has 23 heavy (non-hydrogen) atoms. The van der Waals surface area contributed by atoms with E-state index in [1.165, 1.54) is 0 Å². The Morgan fingerprint density at radius 3 is 2.83 bits per heavy atom. The Morgan fingerprint density at radius 2 is 2.04 bits per heavy atom. The van der Waals surface area contributed by atoms with Crippen molar-refractivity contribution in [1.29, 1.82) is 0 Å². The summed E-state index contributed by atoms with van der Waals surface area (Å²) in [4.78, 5) is 20.5. The fourth-order valence-corrected chi connectivity index (χ4v) is 2.14. The molecule has 0 bridgehead atoms. The lowest BCUT2D eigenvalue weighted by Crippen LogP contribution is -2.27. The molecule has 118 valence electrons. The number of fused-ring (bicyclic) bond motifs is 1. The zero-order valence-corrected chi connectivity index (χ0v) is 13.3. The molecule has 1 amide bonds. The van der Waals surface area contributed by atoms with E-state index in [-0.39, 0.29) is 0 Å². The van der Waals surface area contributed by atoms with Gasteiger partial charge in [0.15, 0.2) is 0 Å². The van der Waals surface area contributed by atoms with E-state index in [4.69, 9.17) is 4.74 Å². The molecule has 6 nitrogen and oxygen atoms in total. The average Bonchev–Trinajstić information content (AvgIpc) is 2.92. The molecule has 0 saturated heterocycles. The number of anilines is 1. The highest BCUT2D eigenvalue weighted by Crippen LogP contribution is 2.20. The van der Waals surface area contributed by atoms with Crippen LogP contribution in [0, 0.1) is 0 Å². The number of nitrogens with zero attached hydrogens (tertiary/aromatic N) is 3. The normalized spacial score (nSPS) is 11.4. The van der Waals surface area contributed by atoms with Gasteiger partial charge in [-0.1, -0.05) is 6.07 Å². The first kappa shape index (κ1) is 15.0. The Hall–Kier alpha value is -2.89. The van der Waals surface area contributed by atoms with Crippen molar-refractivity contribution in [2.45, 2.75) is 26.4 Å². The Bertz CT molecular complexity index is 849. The maximum absolute atomic E-state index is 11.8. The van der Waals surface area contributed by atoms with Gasteiger partial charge in [0.25, 0.3) is 0 Å². The lowest BCUT2D eigenvalue weighted by molar-refractivity contribution is 0.0635. The van der Waals surface area contributed by atoms with Crippen LogP contribution in [0.4, 0.5) is 10.6 Å². The number of ether oxygens (including phenoxy) is 1. The molecule has 0 unspecified atom stereocenters. The first-order valence-electron chi connectivity index (χ1n) is 7.31. The number of carbonyl (C=O) groups is 1. The van der Waals surface area contributed by atoms with Crippen molar-refractivity contribution < 1.29 is 9.53 Å². The molecule has 0 spiro atoms. The van der Waals surface area contributed by atoms with Crippen LogP contribution < -0.4 is 5.32 Å². The Morgan fingerprint density at radius 1 is 1.22 bits per heavy atom. The summed E-state index contributed by atoms with van der Waals surface area (Å²) < 4.78 is 7.15. The van der Waals surface area contributed by atoms with Crippen LogP contribution in [0.3, 0.4) is 0 Å². The predicted molar refractivity (Wildman–Crippen MR) is 88.3 cm³/mol. The van der Waals surface area contributed by atoms with Crippen molar-refractivity contribution in [1.82, 2.24) is 14.4 Å². The lowest BCUT2D eigenvalue weighted by atomic mass is 10.2. The van der Waals surface area contributed by atoms with Gasteiger partial charge in [-0.2, -0.15) is 0 Å². The molecule has 3 aromatic heterocycles. The molecule has 0 aliphatic carbocycles. The number of pyridine rings is 2. The molecule has 0 saturated carbocycles. The van der Waals surface area contributed by atoms with Crippen molar-refractivity contribution in [3.05, 3.63) is 48.9 Å². The van der Waals surface area contributed by atoms with Crippen LogP contribution >= 0.6 is 0 Å². The molecule has 0 atom stereocenters. The number of amides is 1. The van der Waals surface area contributed by atoms with Crippen molar-refractivity contribution >= 4 is 17.6 Å². The minimum atomic E-state index is -0.547. The number of imidazole rings is 1. The average molecular weight is 310 g/mol. The van der Waals surface area contributed by atoms with Gasteiger partial charge >= 0.3 is 6.09 Å². The van der Waals surface area contributed by atoms with E-state index in [1.54, 1.807) is 12.3 Å². The zero-order chi connectivity index (χ0) is 16.4. The third-order valence-corrected chi connectivity index (χ3v) is 3.06. The maximum atomic E-state index is 11.8. The Labute approximate surface area is 134 Å². The summed E-state index contributed by atoms with van der Waals surface area (Å²) in [6, 6.07) is 9.32. The molecule has 0 aromatic carbocycles. The number of aromatic nitrogens is 3. The monoisotopic (exact) mass is 310 g/mol. The van der Waals surface area contributed by atoms with E-state index in [0.717, 1.165) is 16.9 Å². The molecule has 0 fully saturated rings. The minimum Gasteiger partial charge on any atom is -0.444 e. The summed E-state index contributed by atoms with van der Waals surface area (Å²) in [6.45, 7) is 5.45. The van der Waals surface area contributed by atoms with Crippen LogP contribution in [-0.4, -0.2) is 26.1 Å². The summed E-state index contributed by atoms with van der Waals surface area (Å²) in [7, 11) is 0. The molecule has 3 aromatic rings. The third-order valence-electron chi connectivity index (χ3n) is 3.06. The first-order chi connectivity index (χ1) is 10.9. The summed E-state index contributed by atoms with van der Waals surface area (Å²) in [5, 5.41) is 2.65. The minimum absolute atomic E-state index is 0.447. The van der Waals surface area contributed by atoms with Gasteiger partial charge in [0.2, 0.25) is 0 Å². The van der Waals surface area contributed by atoms with Gasteiger partial charge in [0.1, 0.15) is 17.1 Å². The van der Waals surface area contributed by atoms with Crippen molar-refractivity contribution in [3.63, 3.8) is 0 Å². The summed E-state index contributed by atoms with van der Waals surface area (Å²) in [6.07, 6.45) is 5.04. The number of rotatable bonds is 2. The lowest BCUT2D eigenvalue weighted by Gasteiger charge is -2.19. The topological polar surface area (TPSA) is 68.5 Å². The summed E-state index contributed by atoms with van der Waals surface area (Å²) in [5.74, 6) is 0.447.